The summed E-state index contributed by atoms with van der Waals surface area (Å²) < 4.78 is 0. The number of hydrogen-bond donors (Lipinski definition) is 2. The van der Waals surface area contributed by atoms with E-state index in [2.05, 4.69) is 20.6 Å². The van der Waals surface area contributed by atoms with Crippen LogP contribution in [0.25, 0.3) is 0 Å². The summed E-state index contributed by atoms with van der Waals surface area (Å²) >= 11 is 0. The highest BCUT2D eigenvalue weighted by Crippen LogP contribution is 2.15. The topological polar surface area (TPSA) is 84.0 Å². The lowest BCUT2D eigenvalue weighted by Gasteiger charge is -2.10. The van der Waals surface area contributed by atoms with E-state index >= 15 is 0 Å². The lowest BCUT2D eigenvalue weighted by Crippen LogP contribution is -2.28. The first-order valence-corrected chi connectivity index (χ1v) is 7.87. The largest absolute Gasteiger partial charge is 0.350 e. The summed E-state index contributed by atoms with van der Waals surface area (Å²) in [5.74, 6) is 0.510. The molecule has 0 bridgehead atoms. The Morgan fingerprint density at radius 2 is 1.79 bits per heavy atom. The SMILES string of the molecule is CC(=O)c1ccc(Nc2nc(C)cc(C(=O)NCC(C)C)n2)cc1. The lowest BCUT2D eigenvalue weighted by atomic mass is 10.1. The van der Waals surface area contributed by atoms with Crippen molar-refractivity contribution in [1.82, 2.24) is 15.3 Å². The van der Waals surface area contributed by atoms with Gasteiger partial charge in [0.2, 0.25) is 5.95 Å². The minimum Gasteiger partial charge on any atom is -0.350 e. The summed E-state index contributed by atoms with van der Waals surface area (Å²) in [5.41, 5.74) is 2.41. The molecule has 126 valence electrons. The molecule has 0 fully saturated rings. The third kappa shape index (κ3) is 4.87. The highest BCUT2D eigenvalue weighted by atomic mass is 16.1. The molecule has 6 nitrogen and oxygen atoms in total. The minimum absolute atomic E-state index is 0.0115. The number of carbonyl (C=O) groups excluding carboxylic acids is 2. The van der Waals surface area contributed by atoms with Gasteiger partial charge in [-0.15, -0.1) is 0 Å². The Hall–Kier alpha value is -2.76. The fraction of sp³-hybridized carbons (Fsp3) is 0.333. The molecular weight excluding hydrogens is 304 g/mol. The molecule has 0 radical (unpaired) electrons. The normalized spacial score (nSPS) is 10.5. The van der Waals surface area contributed by atoms with Gasteiger partial charge in [0.15, 0.2) is 5.78 Å². The van der Waals surface area contributed by atoms with E-state index in [1.54, 1.807) is 30.3 Å². The number of anilines is 2. The van der Waals surface area contributed by atoms with Gasteiger partial charge in [-0.25, -0.2) is 9.97 Å². The van der Waals surface area contributed by atoms with Crippen LogP contribution in [0.1, 0.15) is 47.3 Å². The number of rotatable bonds is 6. The van der Waals surface area contributed by atoms with E-state index < -0.39 is 0 Å². The number of nitrogens with one attached hydrogen (secondary N) is 2. The third-order valence-electron chi connectivity index (χ3n) is 3.31. The van der Waals surface area contributed by atoms with Crippen LogP contribution in [0.3, 0.4) is 0 Å². The fourth-order valence-corrected chi connectivity index (χ4v) is 2.05. The van der Waals surface area contributed by atoms with Crippen LogP contribution in [0.15, 0.2) is 30.3 Å². The molecule has 2 rings (SSSR count). The highest BCUT2D eigenvalue weighted by Gasteiger charge is 2.11. The average molecular weight is 326 g/mol. The summed E-state index contributed by atoms with van der Waals surface area (Å²) in [6.07, 6.45) is 0. The van der Waals surface area contributed by atoms with Crippen molar-refractivity contribution in [2.75, 3.05) is 11.9 Å². The number of amides is 1. The number of benzene rings is 1. The predicted molar refractivity (Wildman–Crippen MR) is 93.7 cm³/mol. The van der Waals surface area contributed by atoms with Gasteiger partial charge in [-0.3, -0.25) is 9.59 Å². The molecule has 0 aliphatic heterocycles. The second-order valence-corrected chi connectivity index (χ2v) is 6.08. The summed E-state index contributed by atoms with van der Waals surface area (Å²) in [6, 6.07) is 8.68. The van der Waals surface area contributed by atoms with Crippen molar-refractivity contribution in [3.05, 3.63) is 47.3 Å². The van der Waals surface area contributed by atoms with Crippen LogP contribution in [0.4, 0.5) is 11.6 Å². The van der Waals surface area contributed by atoms with Crippen LogP contribution < -0.4 is 10.6 Å². The Balaban J connectivity index is 2.15. The molecule has 0 saturated carbocycles. The maximum atomic E-state index is 12.2. The van der Waals surface area contributed by atoms with Gasteiger partial charge in [-0.1, -0.05) is 13.8 Å². The van der Waals surface area contributed by atoms with Gasteiger partial charge in [0.1, 0.15) is 5.69 Å². The van der Waals surface area contributed by atoms with Crippen LogP contribution in [0, 0.1) is 12.8 Å². The zero-order valence-electron chi connectivity index (χ0n) is 14.4. The Labute approximate surface area is 141 Å². The van der Waals surface area contributed by atoms with Gasteiger partial charge in [0.05, 0.1) is 0 Å². The number of hydrogen-bond acceptors (Lipinski definition) is 5. The van der Waals surface area contributed by atoms with Gasteiger partial charge in [0, 0.05) is 23.5 Å². The summed E-state index contributed by atoms with van der Waals surface area (Å²) in [6.45, 7) is 7.99. The summed E-state index contributed by atoms with van der Waals surface area (Å²) in [4.78, 5) is 32.0. The first-order chi connectivity index (χ1) is 11.3. The van der Waals surface area contributed by atoms with Gasteiger partial charge in [0.25, 0.3) is 5.91 Å². The number of aromatic nitrogens is 2. The molecule has 0 unspecified atom stereocenters. The summed E-state index contributed by atoms with van der Waals surface area (Å²) in [5, 5.41) is 5.90. The molecule has 1 aromatic carbocycles. The number of aryl methyl sites for hydroxylation is 1. The molecule has 2 N–H and O–H groups in total. The molecule has 0 saturated heterocycles. The van der Waals surface area contributed by atoms with Crippen molar-refractivity contribution in [2.24, 2.45) is 5.92 Å². The van der Waals surface area contributed by atoms with Gasteiger partial charge in [-0.05, 0) is 50.1 Å². The van der Waals surface area contributed by atoms with Crippen molar-refractivity contribution in [1.29, 1.82) is 0 Å². The van der Waals surface area contributed by atoms with Crippen molar-refractivity contribution in [2.45, 2.75) is 27.7 Å². The molecular formula is C18H22N4O2. The number of Topliss-reactive ketones (excluding diaryl/α,β-unsaturated/α-hetero) is 1. The Morgan fingerprint density at radius 3 is 2.38 bits per heavy atom. The highest BCUT2D eigenvalue weighted by molar-refractivity contribution is 5.94. The maximum absolute atomic E-state index is 12.2. The molecule has 0 aliphatic carbocycles. The van der Waals surface area contributed by atoms with Crippen LogP contribution >= 0.6 is 0 Å². The zero-order valence-corrected chi connectivity index (χ0v) is 14.4. The predicted octanol–water partition coefficient (Wildman–Crippen LogP) is 3.12. The average Bonchev–Trinajstić information content (AvgIpc) is 2.52. The first-order valence-electron chi connectivity index (χ1n) is 7.87. The van der Waals surface area contributed by atoms with Crippen LogP contribution in [-0.2, 0) is 0 Å². The van der Waals surface area contributed by atoms with Crippen LogP contribution in [0.5, 0.6) is 0 Å². The number of nitrogens with zero attached hydrogens (tertiary/aromatic N) is 2. The van der Waals surface area contributed by atoms with E-state index in [4.69, 9.17) is 0 Å². The van der Waals surface area contributed by atoms with Gasteiger partial charge < -0.3 is 10.6 Å². The van der Waals surface area contributed by atoms with Gasteiger partial charge in [-0.2, -0.15) is 0 Å². The maximum Gasteiger partial charge on any atom is 0.270 e. The Kier molecular flexibility index (Phi) is 5.63. The second kappa shape index (κ2) is 7.68. The van der Waals surface area contributed by atoms with Crippen LogP contribution in [-0.4, -0.2) is 28.2 Å². The molecule has 24 heavy (non-hydrogen) atoms. The molecule has 0 atom stereocenters. The first kappa shape index (κ1) is 17.6. The van der Waals surface area contributed by atoms with Gasteiger partial charge >= 0.3 is 0 Å². The Morgan fingerprint density at radius 1 is 1.12 bits per heavy atom. The molecule has 1 aromatic heterocycles. The van der Waals surface area contributed by atoms with E-state index in [1.165, 1.54) is 6.92 Å². The zero-order chi connectivity index (χ0) is 17.7. The van der Waals surface area contributed by atoms with Crippen molar-refractivity contribution >= 4 is 23.3 Å². The standard InChI is InChI=1S/C18H22N4O2/c1-11(2)10-19-17(24)16-9-12(3)20-18(22-16)21-15-7-5-14(6-8-15)13(4)23/h5-9,11H,10H2,1-4H3,(H,19,24)(H,20,21,22). The van der Waals surface area contributed by atoms with Crippen LogP contribution in [0.2, 0.25) is 0 Å². The van der Waals surface area contributed by atoms with E-state index in [9.17, 15) is 9.59 Å². The van der Waals surface area contributed by atoms with Crippen molar-refractivity contribution in [3.63, 3.8) is 0 Å². The van der Waals surface area contributed by atoms with E-state index in [0.717, 1.165) is 5.69 Å². The minimum atomic E-state index is -0.218. The quantitative estimate of drug-likeness (QED) is 0.797. The number of carbonyl (C=O) groups is 2. The molecule has 2 aromatic rings. The molecule has 0 spiro atoms. The van der Waals surface area contributed by atoms with E-state index in [0.29, 0.717) is 35.4 Å². The van der Waals surface area contributed by atoms with Crippen molar-refractivity contribution < 1.29 is 9.59 Å². The fourth-order valence-electron chi connectivity index (χ4n) is 2.05. The smallest absolute Gasteiger partial charge is 0.270 e. The molecule has 0 aliphatic rings. The molecule has 1 heterocycles. The lowest BCUT2D eigenvalue weighted by molar-refractivity contribution is 0.0943. The Bertz CT molecular complexity index is 739. The van der Waals surface area contributed by atoms with E-state index in [1.807, 2.05) is 20.8 Å². The second-order valence-electron chi connectivity index (χ2n) is 6.08. The van der Waals surface area contributed by atoms with E-state index in [-0.39, 0.29) is 11.7 Å². The summed E-state index contributed by atoms with van der Waals surface area (Å²) in [7, 11) is 0. The monoisotopic (exact) mass is 326 g/mol. The number of ketones is 1. The molecule has 6 heteroatoms. The van der Waals surface area contributed by atoms with Crippen molar-refractivity contribution in [3.8, 4) is 0 Å². The third-order valence-corrected chi connectivity index (χ3v) is 3.31. The molecule has 1 amide bonds.